The molecule has 0 saturated heterocycles. The lowest BCUT2D eigenvalue weighted by atomic mass is 10.1. The lowest BCUT2D eigenvalue weighted by Gasteiger charge is -2.40. The quantitative estimate of drug-likeness (QED) is 0.413. The summed E-state index contributed by atoms with van der Waals surface area (Å²) < 4.78 is 0.682. The van der Waals surface area contributed by atoms with Crippen molar-refractivity contribution >= 4 is 17.4 Å². The minimum Gasteiger partial charge on any atom is -0.258 e. The van der Waals surface area contributed by atoms with Gasteiger partial charge in [-0.25, -0.2) is 14.5 Å². The zero-order valence-corrected chi connectivity index (χ0v) is 17.9. The first-order chi connectivity index (χ1) is 14.0. The highest BCUT2D eigenvalue weighted by Crippen LogP contribution is 2.42. The summed E-state index contributed by atoms with van der Waals surface area (Å²) >= 11 is 1.65. The number of allylic oxidation sites excluding steroid dienone is 2. The molecule has 1 atom stereocenters. The fourth-order valence-corrected chi connectivity index (χ4v) is 4.92. The van der Waals surface area contributed by atoms with Gasteiger partial charge < -0.3 is 0 Å². The molecule has 0 radical (unpaired) electrons. The van der Waals surface area contributed by atoms with Crippen LogP contribution in [-0.2, 0) is 6.54 Å². The molecule has 1 aliphatic heterocycles. The van der Waals surface area contributed by atoms with E-state index in [4.69, 9.17) is 0 Å². The number of hydrogen-bond donors (Lipinski definition) is 0. The van der Waals surface area contributed by atoms with Gasteiger partial charge >= 0.3 is 0 Å². The van der Waals surface area contributed by atoms with Crippen molar-refractivity contribution in [1.29, 1.82) is 0 Å². The SMILES string of the molecule is CC1=CC=C(Sc2nc(C)cc(C)n2)[N+](Cc2ccccc2)(c2cccnc2)C1. The van der Waals surface area contributed by atoms with Crippen molar-refractivity contribution in [1.82, 2.24) is 19.4 Å². The molecule has 0 spiro atoms. The Labute approximate surface area is 176 Å². The molecule has 0 amide bonds. The van der Waals surface area contributed by atoms with Gasteiger partial charge in [0.25, 0.3) is 0 Å². The summed E-state index contributed by atoms with van der Waals surface area (Å²) in [7, 11) is 0. The Morgan fingerprint density at radius 1 is 0.931 bits per heavy atom. The second kappa shape index (κ2) is 8.31. The maximum Gasteiger partial charge on any atom is 0.197 e. The second-order valence-electron chi connectivity index (χ2n) is 7.53. The molecule has 3 aromatic rings. The van der Waals surface area contributed by atoms with Crippen LogP contribution in [0.1, 0.15) is 23.9 Å². The molecule has 3 heterocycles. The number of pyridine rings is 1. The van der Waals surface area contributed by atoms with Crippen molar-refractivity contribution in [3.05, 3.63) is 101 Å². The fourth-order valence-electron chi connectivity index (χ4n) is 3.81. The number of aromatic nitrogens is 3. The molecular weight excluding hydrogens is 376 g/mol. The number of rotatable bonds is 5. The number of thioether (sulfide) groups is 1. The molecule has 1 aromatic carbocycles. The topological polar surface area (TPSA) is 38.7 Å². The summed E-state index contributed by atoms with van der Waals surface area (Å²) in [4.78, 5) is 13.8. The first-order valence-corrected chi connectivity index (χ1v) is 10.6. The van der Waals surface area contributed by atoms with Crippen molar-refractivity contribution in [3.63, 3.8) is 0 Å². The third-order valence-electron chi connectivity index (χ3n) is 5.04. The van der Waals surface area contributed by atoms with Crippen molar-refractivity contribution in [2.24, 2.45) is 0 Å². The van der Waals surface area contributed by atoms with Crippen LogP contribution in [0.4, 0.5) is 5.69 Å². The van der Waals surface area contributed by atoms with E-state index in [1.54, 1.807) is 11.8 Å². The zero-order valence-electron chi connectivity index (χ0n) is 17.0. The van der Waals surface area contributed by atoms with Gasteiger partial charge in [0.15, 0.2) is 15.9 Å². The molecule has 0 saturated carbocycles. The van der Waals surface area contributed by atoms with Gasteiger partial charge in [0.2, 0.25) is 0 Å². The second-order valence-corrected chi connectivity index (χ2v) is 8.52. The Kier molecular flexibility index (Phi) is 5.60. The number of quaternary nitrogens is 1. The van der Waals surface area contributed by atoms with Crippen molar-refractivity contribution in [3.8, 4) is 0 Å². The van der Waals surface area contributed by atoms with E-state index >= 15 is 0 Å². The Bertz CT molecular complexity index is 1040. The van der Waals surface area contributed by atoms with E-state index in [9.17, 15) is 0 Å². The van der Waals surface area contributed by atoms with E-state index in [0.717, 1.165) is 29.6 Å². The van der Waals surface area contributed by atoms with E-state index in [0.29, 0.717) is 4.48 Å². The van der Waals surface area contributed by atoms with Crippen LogP contribution in [0.5, 0.6) is 0 Å². The predicted molar refractivity (Wildman–Crippen MR) is 120 cm³/mol. The summed E-state index contributed by atoms with van der Waals surface area (Å²) in [6.45, 7) is 7.97. The lowest BCUT2D eigenvalue weighted by molar-refractivity contribution is 0.375. The Balaban J connectivity index is 1.82. The largest absolute Gasteiger partial charge is 0.258 e. The predicted octanol–water partition coefficient (Wildman–Crippen LogP) is 5.59. The fraction of sp³-hybridized carbons (Fsp3) is 0.208. The minimum absolute atomic E-state index is 0.682. The normalized spacial score (nSPS) is 18.9. The Morgan fingerprint density at radius 3 is 2.38 bits per heavy atom. The molecule has 0 fully saturated rings. The summed E-state index contributed by atoms with van der Waals surface area (Å²) in [6, 6.07) is 16.9. The third kappa shape index (κ3) is 4.31. The highest BCUT2D eigenvalue weighted by molar-refractivity contribution is 8.03. The van der Waals surface area contributed by atoms with Gasteiger partial charge in [-0.05, 0) is 38.5 Å². The maximum absolute atomic E-state index is 4.68. The van der Waals surface area contributed by atoms with Gasteiger partial charge in [0.05, 0.1) is 6.20 Å². The Morgan fingerprint density at radius 2 is 1.69 bits per heavy atom. The maximum atomic E-state index is 4.68. The molecule has 1 aliphatic rings. The highest BCUT2D eigenvalue weighted by atomic mass is 32.2. The monoisotopic (exact) mass is 401 g/mol. The van der Waals surface area contributed by atoms with Crippen LogP contribution in [0.3, 0.4) is 0 Å². The van der Waals surface area contributed by atoms with Crippen LogP contribution in [-0.4, -0.2) is 21.5 Å². The van der Waals surface area contributed by atoms with E-state index < -0.39 is 0 Å². The van der Waals surface area contributed by atoms with Gasteiger partial charge in [-0.15, -0.1) is 0 Å². The van der Waals surface area contributed by atoms with Crippen LogP contribution in [0, 0.1) is 13.8 Å². The highest BCUT2D eigenvalue weighted by Gasteiger charge is 2.39. The first kappa shape index (κ1) is 19.6. The van der Waals surface area contributed by atoms with Gasteiger partial charge in [-0.2, -0.15) is 0 Å². The molecule has 0 bridgehead atoms. The van der Waals surface area contributed by atoms with Crippen LogP contribution in [0.15, 0.2) is 88.8 Å². The van der Waals surface area contributed by atoms with Crippen molar-refractivity contribution in [2.45, 2.75) is 32.5 Å². The van der Waals surface area contributed by atoms with Crippen LogP contribution in [0.25, 0.3) is 0 Å². The summed E-state index contributed by atoms with van der Waals surface area (Å²) in [6.07, 6.45) is 8.25. The van der Waals surface area contributed by atoms with E-state index in [-0.39, 0.29) is 0 Å². The standard InChI is InChI=1S/C24H25N4S/c1-18-11-12-23(29-24-26-19(2)14-20(3)27-24)28(16-18,22-10-7-13-25-15-22)17-21-8-5-4-6-9-21/h4-15H,16-17H2,1-3H3/q+1. The number of nitrogens with zero attached hydrogens (tertiary/aromatic N) is 4. The van der Waals surface area contributed by atoms with Crippen molar-refractivity contribution in [2.75, 3.05) is 6.54 Å². The van der Waals surface area contributed by atoms with Gasteiger partial charge in [-0.3, -0.25) is 4.98 Å². The number of benzene rings is 1. The van der Waals surface area contributed by atoms with Crippen LogP contribution in [0.2, 0.25) is 0 Å². The summed E-state index contributed by atoms with van der Waals surface area (Å²) in [5.41, 5.74) is 5.79. The molecule has 1 unspecified atom stereocenters. The van der Waals surface area contributed by atoms with Gasteiger partial charge in [-0.1, -0.05) is 36.4 Å². The van der Waals surface area contributed by atoms with Crippen LogP contribution >= 0.6 is 11.8 Å². The Hall–Kier alpha value is -2.76. The van der Waals surface area contributed by atoms with E-state index in [2.05, 4.69) is 70.4 Å². The molecule has 0 aliphatic carbocycles. The third-order valence-corrected chi connectivity index (χ3v) is 6.10. The molecule has 2 aromatic heterocycles. The van der Waals surface area contributed by atoms with E-state index in [1.807, 2.05) is 38.4 Å². The smallest absolute Gasteiger partial charge is 0.197 e. The zero-order chi connectivity index (χ0) is 20.3. The van der Waals surface area contributed by atoms with E-state index in [1.165, 1.54) is 21.9 Å². The average Bonchev–Trinajstić information content (AvgIpc) is 2.71. The minimum atomic E-state index is 0.682. The number of aryl methyl sites for hydroxylation is 2. The molecule has 4 rings (SSSR count). The summed E-state index contributed by atoms with van der Waals surface area (Å²) in [5, 5.41) is 2.00. The summed E-state index contributed by atoms with van der Waals surface area (Å²) in [5.74, 6) is 0. The van der Waals surface area contributed by atoms with Crippen LogP contribution < -0.4 is 4.48 Å². The molecule has 4 nitrogen and oxygen atoms in total. The number of hydrogen-bond acceptors (Lipinski definition) is 4. The molecule has 0 N–H and O–H groups in total. The molecule has 5 heteroatoms. The molecule has 29 heavy (non-hydrogen) atoms. The first-order valence-electron chi connectivity index (χ1n) is 9.75. The van der Waals surface area contributed by atoms with Gasteiger partial charge in [0.1, 0.15) is 13.1 Å². The molecular formula is C24H25N4S+. The average molecular weight is 402 g/mol. The lowest BCUT2D eigenvalue weighted by Crippen LogP contribution is -2.49. The van der Waals surface area contributed by atoms with Gasteiger partial charge in [0, 0.05) is 47.1 Å². The van der Waals surface area contributed by atoms with Crippen molar-refractivity contribution < 1.29 is 0 Å². The molecule has 146 valence electrons.